The van der Waals surface area contributed by atoms with Gasteiger partial charge in [-0.3, -0.25) is 14.4 Å². The molecule has 0 aromatic carbocycles. The molecule has 2 atom stereocenters. The van der Waals surface area contributed by atoms with E-state index in [1.807, 2.05) is 25.1 Å². The fourth-order valence-electron chi connectivity index (χ4n) is 4.29. The number of piperidine rings is 1. The number of hydrogen-bond acceptors (Lipinski definition) is 4. The first-order valence-electron chi connectivity index (χ1n) is 9.99. The minimum Gasteiger partial charge on any atom is -0.342 e. The van der Waals surface area contributed by atoms with E-state index < -0.39 is 0 Å². The van der Waals surface area contributed by atoms with Crippen molar-refractivity contribution in [1.29, 1.82) is 0 Å². The van der Waals surface area contributed by atoms with Crippen LogP contribution in [0.3, 0.4) is 0 Å². The molecule has 154 valence electrons. The van der Waals surface area contributed by atoms with Gasteiger partial charge in [-0.25, -0.2) is 0 Å². The Morgan fingerprint density at radius 2 is 1.89 bits per heavy atom. The van der Waals surface area contributed by atoms with Crippen molar-refractivity contribution in [2.24, 2.45) is 11.3 Å². The number of likely N-dealkylation sites (tertiary alicyclic amines) is 1. The zero-order valence-corrected chi connectivity index (χ0v) is 17.6. The van der Waals surface area contributed by atoms with Crippen LogP contribution >= 0.6 is 0 Å². The van der Waals surface area contributed by atoms with E-state index in [0.717, 1.165) is 12.1 Å². The first kappa shape index (κ1) is 20.6. The highest BCUT2D eigenvalue weighted by Crippen LogP contribution is 2.36. The molecule has 2 aliphatic heterocycles. The van der Waals surface area contributed by atoms with Gasteiger partial charge >= 0.3 is 0 Å². The Kier molecular flexibility index (Phi) is 5.66. The molecule has 1 saturated heterocycles. The third kappa shape index (κ3) is 4.63. The SMILES string of the molecule is CN(C)CC(=O)Nc1ccc2n(c1=O)CC1CC2CN(C(=O)CC(C)(C)C)C1. The van der Waals surface area contributed by atoms with Crippen molar-refractivity contribution < 1.29 is 9.59 Å². The fourth-order valence-corrected chi connectivity index (χ4v) is 4.29. The van der Waals surface area contributed by atoms with E-state index >= 15 is 0 Å². The summed E-state index contributed by atoms with van der Waals surface area (Å²) < 4.78 is 1.80. The summed E-state index contributed by atoms with van der Waals surface area (Å²) in [6.07, 6.45) is 1.54. The second kappa shape index (κ2) is 7.70. The van der Waals surface area contributed by atoms with E-state index in [4.69, 9.17) is 0 Å². The largest absolute Gasteiger partial charge is 0.342 e. The van der Waals surface area contributed by atoms with Gasteiger partial charge < -0.3 is 19.7 Å². The van der Waals surface area contributed by atoms with Crippen molar-refractivity contribution >= 4 is 17.5 Å². The number of rotatable bonds is 4. The highest BCUT2D eigenvalue weighted by Gasteiger charge is 2.37. The first-order valence-corrected chi connectivity index (χ1v) is 9.99. The number of nitrogens with zero attached hydrogens (tertiary/aromatic N) is 3. The summed E-state index contributed by atoms with van der Waals surface area (Å²) in [5.41, 5.74) is 1.13. The van der Waals surface area contributed by atoms with Gasteiger partial charge in [-0.2, -0.15) is 0 Å². The summed E-state index contributed by atoms with van der Waals surface area (Å²) in [6, 6.07) is 3.64. The van der Waals surface area contributed by atoms with Crippen LogP contribution in [0, 0.1) is 11.3 Å². The number of carbonyl (C=O) groups excluding carboxylic acids is 2. The lowest BCUT2D eigenvalue weighted by Gasteiger charge is -2.43. The van der Waals surface area contributed by atoms with Crippen molar-refractivity contribution in [3.05, 3.63) is 28.2 Å². The Morgan fingerprint density at radius 3 is 2.54 bits per heavy atom. The molecule has 2 bridgehead atoms. The number of anilines is 1. The monoisotopic (exact) mass is 388 g/mol. The summed E-state index contributed by atoms with van der Waals surface area (Å²) >= 11 is 0. The second-order valence-electron chi connectivity index (χ2n) is 9.71. The quantitative estimate of drug-likeness (QED) is 0.852. The lowest BCUT2D eigenvalue weighted by atomic mass is 9.82. The molecule has 1 aromatic rings. The lowest BCUT2D eigenvalue weighted by molar-refractivity contribution is -0.135. The molecule has 1 aromatic heterocycles. The lowest BCUT2D eigenvalue weighted by Crippen LogP contribution is -2.49. The smallest absolute Gasteiger partial charge is 0.274 e. The number of carbonyl (C=O) groups is 2. The van der Waals surface area contributed by atoms with Crippen molar-refractivity contribution in [3.8, 4) is 0 Å². The molecule has 0 saturated carbocycles. The summed E-state index contributed by atoms with van der Waals surface area (Å²) in [7, 11) is 3.63. The number of fused-ring (bicyclic) bond motifs is 4. The van der Waals surface area contributed by atoms with Gasteiger partial charge in [0.05, 0.1) is 6.54 Å². The molecule has 2 aliphatic rings. The van der Waals surface area contributed by atoms with Gasteiger partial charge in [-0.05, 0) is 44.0 Å². The van der Waals surface area contributed by atoms with E-state index in [0.29, 0.717) is 31.7 Å². The minimum absolute atomic E-state index is 0.0296. The molecule has 0 aliphatic carbocycles. The third-order valence-electron chi connectivity index (χ3n) is 5.37. The van der Waals surface area contributed by atoms with E-state index in [1.165, 1.54) is 0 Å². The summed E-state index contributed by atoms with van der Waals surface area (Å²) in [5.74, 6) is 0.458. The number of hydrogen-bond donors (Lipinski definition) is 1. The molecule has 1 N–H and O–H groups in total. The zero-order valence-electron chi connectivity index (χ0n) is 17.6. The average Bonchev–Trinajstić information content (AvgIpc) is 2.55. The first-order chi connectivity index (χ1) is 13.0. The number of nitrogens with one attached hydrogen (secondary N) is 1. The van der Waals surface area contributed by atoms with E-state index in [-0.39, 0.29) is 41.2 Å². The Bertz CT molecular complexity index is 822. The van der Waals surface area contributed by atoms with Crippen LogP contribution in [0.25, 0.3) is 0 Å². The van der Waals surface area contributed by atoms with E-state index in [9.17, 15) is 14.4 Å². The van der Waals surface area contributed by atoms with Crippen LogP contribution in [0.2, 0.25) is 0 Å². The molecule has 2 unspecified atom stereocenters. The fraction of sp³-hybridized carbons (Fsp3) is 0.667. The number of likely N-dealkylation sites (N-methyl/N-ethyl adjacent to an activating group) is 1. The molecule has 7 nitrogen and oxygen atoms in total. The molecule has 28 heavy (non-hydrogen) atoms. The van der Waals surface area contributed by atoms with Gasteiger partial charge in [-0.1, -0.05) is 20.8 Å². The Labute approximate surface area is 166 Å². The molecule has 1 fully saturated rings. The van der Waals surface area contributed by atoms with E-state index in [2.05, 4.69) is 26.1 Å². The Hall–Kier alpha value is -2.15. The number of amides is 2. The maximum Gasteiger partial charge on any atom is 0.274 e. The van der Waals surface area contributed by atoms with Crippen LogP contribution < -0.4 is 10.9 Å². The van der Waals surface area contributed by atoms with Crippen LogP contribution in [0.1, 0.15) is 45.2 Å². The topological polar surface area (TPSA) is 74.7 Å². The molecule has 7 heteroatoms. The number of pyridine rings is 1. The summed E-state index contributed by atoms with van der Waals surface area (Å²) in [5, 5.41) is 2.73. The molecule has 0 radical (unpaired) electrons. The zero-order chi connectivity index (χ0) is 20.6. The van der Waals surface area contributed by atoms with Gasteiger partial charge in [0.1, 0.15) is 5.69 Å². The van der Waals surface area contributed by atoms with E-state index in [1.54, 1.807) is 15.5 Å². The minimum atomic E-state index is -0.197. The van der Waals surface area contributed by atoms with Crippen molar-refractivity contribution in [1.82, 2.24) is 14.4 Å². The van der Waals surface area contributed by atoms with Gasteiger partial charge in [0.15, 0.2) is 0 Å². The molecular formula is C21H32N4O3. The number of aromatic nitrogens is 1. The molecule has 2 amide bonds. The maximum atomic E-state index is 12.9. The summed E-state index contributed by atoms with van der Waals surface area (Å²) in [6.45, 7) is 8.44. The normalized spacial score (nSPS) is 21.4. The highest BCUT2D eigenvalue weighted by atomic mass is 16.2. The molecule has 3 rings (SSSR count). The summed E-state index contributed by atoms with van der Waals surface area (Å²) in [4.78, 5) is 41.4. The van der Waals surface area contributed by atoms with Crippen LogP contribution in [0.5, 0.6) is 0 Å². The van der Waals surface area contributed by atoms with Gasteiger partial charge in [0, 0.05) is 37.7 Å². The Morgan fingerprint density at radius 1 is 1.18 bits per heavy atom. The van der Waals surface area contributed by atoms with Gasteiger partial charge in [-0.15, -0.1) is 0 Å². The second-order valence-corrected chi connectivity index (χ2v) is 9.71. The van der Waals surface area contributed by atoms with Crippen LogP contribution in [0.15, 0.2) is 16.9 Å². The van der Waals surface area contributed by atoms with Crippen LogP contribution in [-0.2, 0) is 16.1 Å². The molecule has 3 heterocycles. The van der Waals surface area contributed by atoms with Crippen molar-refractivity contribution in [3.63, 3.8) is 0 Å². The van der Waals surface area contributed by atoms with Crippen LogP contribution in [0.4, 0.5) is 5.69 Å². The molecule has 0 spiro atoms. The standard InChI is InChI=1S/C21H32N4O3/c1-21(2,3)9-19(27)24-10-14-8-15(12-24)17-7-6-16(20(28)25(17)11-14)22-18(26)13-23(4)5/h6-7,14-15H,8-13H2,1-5H3,(H,22,26). The Balaban J connectivity index is 1.78. The molecular weight excluding hydrogens is 356 g/mol. The van der Waals surface area contributed by atoms with Crippen LogP contribution in [-0.4, -0.2) is 59.9 Å². The third-order valence-corrected chi connectivity index (χ3v) is 5.37. The highest BCUT2D eigenvalue weighted by molar-refractivity contribution is 5.92. The maximum absolute atomic E-state index is 12.9. The van der Waals surface area contributed by atoms with Gasteiger partial charge in [0.2, 0.25) is 11.8 Å². The predicted octanol–water partition coefficient (Wildman–Crippen LogP) is 1.73. The predicted molar refractivity (Wildman–Crippen MR) is 109 cm³/mol. The van der Waals surface area contributed by atoms with Gasteiger partial charge in [0.25, 0.3) is 5.56 Å². The van der Waals surface area contributed by atoms with Crippen molar-refractivity contribution in [2.75, 3.05) is 39.0 Å². The average molecular weight is 389 g/mol. The van der Waals surface area contributed by atoms with Crippen molar-refractivity contribution in [2.45, 2.75) is 46.1 Å².